The van der Waals surface area contributed by atoms with Crippen LogP contribution in [0, 0.1) is 5.82 Å². The number of anilines is 1. The minimum atomic E-state index is -1.08. The van der Waals surface area contributed by atoms with Gasteiger partial charge in [0.2, 0.25) is 5.76 Å². The Kier molecular flexibility index (Phi) is 4.14. The molecule has 1 aromatic carbocycles. The number of amides is 1. The largest absolute Gasteiger partial charge is 0.457 e. The highest BCUT2D eigenvalue weighted by Crippen LogP contribution is 2.13. The summed E-state index contributed by atoms with van der Waals surface area (Å²) in [6.45, 7) is 1.39. The molecule has 1 amide bonds. The molecule has 0 saturated carbocycles. The van der Waals surface area contributed by atoms with Crippen LogP contribution < -0.4 is 5.32 Å². The van der Waals surface area contributed by atoms with E-state index in [1.54, 1.807) is 6.07 Å². The van der Waals surface area contributed by atoms with Crippen LogP contribution in [0.25, 0.3) is 0 Å². The number of carbonyl (C=O) groups excluding carboxylic acids is 2. The molecule has 0 aliphatic heterocycles. The van der Waals surface area contributed by atoms with Crippen molar-refractivity contribution in [3.8, 4) is 0 Å². The Bertz CT molecular complexity index is 609. The third-order valence-electron chi connectivity index (χ3n) is 2.51. The van der Waals surface area contributed by atoms with Gasteiger partial charge in [-0.3, -0.25) is 4.79 Å². The molecule has 0 aliphatic rings. The molecule has 20 heavy (non-hydrogen) atoms. The summed E-state index contributed by atoms with van der Waals surface area (Å²) in [7, 11) is 0. The standard InChI is InChI=1S/C14H12FNO4/c1-9(20-14(18)12-7-4-8-19-12)13(17)16-11-6-3-2-5-10(11)15/h2-9H,1H3,(H,16,17). The molecule has 1 atom stereocenters. The smallest absolute Gasteiger partial charge is 0.374 e. The molecule has 0 radical (unpaired) electrons. The van der Waals surface area contributed by atoms with E-state index in [2.05, 4.69) is 5.32 Å². The van der Waals surface area contributed by atoms with E-state index < -0.39 is 23.8 Å². The molecule has 0 fully saturated rings. The zero-order chi connectivity index (χ0) is 14.5. The van der Waals surface area contributed by atoms with Crippen molar-refractivity contribution >= 4 is 17.6 Å². The van der Waals surface area contributed by atoms with Crippen molar-refractivity contribution in [2.75, 3.05) is 5.32 Å². The summed E-state index contributed by atoms with van der Waals surface area (Å²) in [5, 5.41) is 2.34. The molecular formula is C14H12FNO4. The summed E-state index contributed by atoms with van der Waals surface area (Å²) in [6.07, 6.45) is 0.243. The van der Waals surface area contributed by atoms with Gasteiger partial charge in [0.25, 0.3) is 5.91 Å². The van der Waals surface area contributed by atoms with Crippen LogP contribution in [0.15, 0.2) is 47.1 Å². The number of rotatable bonds is 4. The number of furan rings is 1. The first kappa shape index (κ1) is 13.8. The van der Waals surface area contributed by atoms with Gasteiger partial charge in [0.15, 0.2) is 6.10 Å². The first-order valence-electron chi connectivity index (χ1n) is 5.88. The molecular weight excluding hydrogens is 265 g/mol. The van der Waals surface area contributed by atoms with E-state index >= 15 is 0 Å². The Morgan fingerprint density at radius 3 is 2.65 bits per heavy atom. The van der Waals surface area contributed by atoms with Gasteiger partial charge in [0.05, 0.1) is 12.0 Å². The Labute approximate surface area is 114 Å². The Hall–Kier alpha value is -2.63. The van der Waals surface area contributed by atoms with Crippen LogP contribution in [0.3, 0.4) is 0 Å². The maximum Gasteiger partial charge on any atom is 0.374 e. The summed E-state index contributed by atoms with van der Waals surface area (Å²) in [4.78, 5) is 23.4. The maximum absolute atomic E-state index is 13.4. The molecule has 1 unspecified atom stereocenters. The number of hydrogen-bond donors (Lipinski definition) is 1. The fraction of sp³-hybridized carbons (Fsp3) is 0.143. The van der Waals surface area contributed by atoms with Crippen LogP contribution in [0.1, 0.15) is 17.5 Å². The number of nitrogens with one attached hydrogen (secondary N) is 1. The molecule has 104 valence electrons. The Balaban J connectivity index is 1.96. The number of carbonyl (C=O) groups is 2. The molecule has 5 nitrogen and oxygen atoms in total. The van der Waals surface area contributed by atoms with Gasteiger partial charge in [0, 0.05) is 0 Å². The van der Waals surface area contributed by atoms with E-state index in [-0.39, 0.29) is 11.4 Å². The summed E-state index contributed by atoms with van der Waals surface area (Å²) < 4.78 is 23.1. The van der Waals surface area contributed by atoms with Gasteiger partial charge in [-0.05, 0) is 31.2 Å². The normalized spacial score (nSPS) is 11.7. The van der Waals surface area contributed by atoms with Gasteiger partial charge in [-0.15, -0.1) is 0 Å². The lowest BCUT2D eigenvalue weighted by Gasteiger charge is -2.13. The van der Waals surface area contributed by atoms with Gasteiger partial charge < -0.3 is 14.5 Å². The lowest BCUT2D eigenvalue weighted by Crippen LogP contribution is -2.30. The molecule has 0 spiro atoms. The van der Waals surface area contributed by atoms with Crippen LogP contribution in [0.2, 0.25) is 0 Å². The number of benzene rings is 1. The van der Waals surface area contributed by atoms with Crippen molar-refractivity contribution in [1.29, 1.82) is 0 Å². The molecule has 2 aromatic rings. The Morgan fingerprint density at radius 1 is 1.25 bits per heavy atom. The Morgan fingerprint density at radius 2 is 2.00 bits per heavy atom. The van der Waals surface area contributed by atoms with E-state index in [9.17, 15) is 14.0 Å². The maximum atomic E-state index is 13.4. The van der Waals surface area contributed by atoms with Crippen LogP contribution in [0.5, 0.6) is 0 Å². The van der Waals surface area contributed by atoms with Crippen molar-refractivity contribution in [3.05, 3.63) is 54.2 Å². The quantitative estimate of drug-likeness (QED) is 0.872. The van der Waals surface area contributed by atoms with E-state index in [4.69, 9.17) is 9.15 Å². The monoisotopic (exact) mass is 277 g/mol. The second-order valence-corrected chi connectivity index (χ2v) is 3.99. The molecule has 0 aliphatic carbocycles. The minimum Gasteiger partial charge on any atom is -0.457 e. The van der Waals surface area contributed by atoms with Gasteiger partial charge in [-0.25, -0.2) is 9.18 Å². The van der Waals surface area contributed by atoms with Gasteiger partial charge >= 0.3 is 5.97 Å². The predicted molar refractivity (Wildman–Crippen MR) is 68.6 cm³/mol. The third kappa shape index (κ3) is 3.23. The van der Waals surface area contributed by atoms with Gasteiger partial charge in [-0.1, -0.05) is 12.1 Å². The third-order valence-corrected chi connectivity index (χ3v) is 2.51. The summed E-state index contributed by atoms with van der Waals surface area (Å²) >= 11 is 0. The zero-order valence-electron chi connectivity index (χ0n) is 10.6. The van der Waals surface area contributed by atoms with Crippen molar-refractivity contribution in [2.45, 2.75) is 13.0 Å². The topological polar surface area (TPSA) is 68.5 Å². The first-order chi connectivity index (χ1) is 9.58. The highest BCUT2D eigenvalue weighted by atomic mass is 19.1. The van der Waals surface area contributed by atoms with E-state index in [1.807, 2.05) is 0 Å². The van der Waals surface area contributed by atoms with E-state index in [1.165, 1.54) is 43.5 Å². The average molecular weight is 277 g/mol. The summed E-state index contributed by atoms with van der Waals surface area (Å²) in [5.74, 6) is -1.96. The molecule has 0 saturated heterocycles. The number of ether oxygens (including phenoxy) is 1. The highest BCUT2D eigenvalue weighted by molar-refractivity contribution is 5.96. The van der Waals surface area contributed by atoms with Crippen LogP contribution in [-0.4, -0.2) is 18.0 Å². The van der Waals surface area contributed by atoms with Gasteiger partial charge in [-0.2, -0.15) is 0 Å². The van der Waals surface area contributed by atoms with Crippen molar-refractivity contribution < 1.29 is 23.1 Å². The van der Waals surface area contributed by atoms with Crippen molar-refractivity contribution in [1.82, 2.24) is 0 Å². The number of hydrogen-bond acceptors (Lipinski definition) is 4. The number of para-hydroxylation sites is 1. The predicted octanol–water partition coefficient (Wildman–Crippen LogP) is 2.60. The molecule has 1 heterocycles. The fourth-order valence-electron chi connectivity index (χ4n) is 1.46. The van der Waals surface area contributed by atoms with Crippen LogP contribution in [-0.2, 0) is 9.53 Å². The fourth-order valence-corrected chi connectivity index (χ4v) is 1.46. The lowest BCUT2D eigenvalue weighted by molar-refractivity contribution is -0.123. The van der Waals surface area contributed by atoms with E-state index in [0.29, 0.717) is 0 Å². The SMILES string of the molecule is CC(OC(=O)c1ccco1)C(=O)Nc1ccccc1F. The lowest BCUT2D eigenvalue weighted by atomic mass is 10.3. The first-order valence-corrected chi connectivity index (χ1v) is 5.88. The van der Waals surface area contributed by atoms with Gasteiger partial charge in [0.1, 0.15) is 5.82 Å². The van der Waals surface area contributed by atoms with Crippen molar-refractivity contribution in [3.63, 3.8) is 0 Å². The molecule has 0 bridgehead atoms. The minimum absolute atomic E-state index is 0.00413. The zero-order valence-corrected chi connectivity index (χ0v) is 10.6. The van der Waals surface area contributed by atoms with Crippen molar-refractivity contribution in [2.24, 2.45) is 0 Å². The van der Waals surface area contributed by atoms with E-state index in [0.717, 1.165) is 0 Å². The average Bonchev–Trinajstić information content (AvgIpc) is 2.95. The molecule has 1 N–H and O–H groups in total. The van der Waals surface area contributed by atoms with Crippen LogP contribution >= 0.6 is 0 Å². The number of halogens is 1. The second kappa shape index (κ2) is 6.01. The highest BCUT2D eigenvalue weighted by Gasteiger charge is 2.21. The molecule has 2 rings (SSSR count). The summed E-state index contributed by atoms with van der Waals surface area (Å²) in [6, 6.07) is 8.66. The second-order valence-electron chi connectivity index (χ2n) is 3.99. The van der Waals surface area contributed by atoms with Crippen LogP contribution in [0.4, 0.5) is 10.1 Å². The molecule has 6 heteroatoms. The molecule has 1 aromatic heterocycles. The summed E-state index contributed by atoms with van der Waals surface area (Å²) in [5.41, 5.74) is 0.0263. The number of esters is 1.